The van der Waals surface area contributed by atoms with Gasteiger partial charge in [-0.1, -0.05) is 154 Å². The predicted molar refractivity (Wildman–Crippen MR) is 197 cm³/mol. The van der Waals surface area contributed by atoms with Crippen LogP contribution >= 0.6 is 7.82 Å². The standard InChI is InChI=1S/C38H74NO8P/c1-3-5-7-9-11-13-15-16-17-18-19-21-22-24-26-28-30-37(40)44-34-36(35-46-48(42,43)45-33-32-39)47-38(41)31-29-27-25-23-20-14-12-10-8-6-4-2/h10,12,36H,3-9,11,13-35,39H2,1-2H3,(H,42,43)/b12-10+/t36-/m1/s1. The molecule has 0 heterocycles. The molecule has 0 aliphatic heterocycles. The van der Waals surface area contributed by atoms with E-state index in [0.29, 0.717) is 6.42 Å². The Morgan fingerprint density at radius 2 is 1.04 bits per heavy atom. The Bertz CT molecular complexity index is 810. The first kappa shape index (κ1) is 46.8. The molecule has 9 nitrogen and oxygen atoms in total. The van der Waals surface area contributed by atoms with E-state index in [-0.39, 0.29) is 38.6 Å². The molecule has 0 bridgehead atoms. The number of nitrogens with two attached hydrogens (primary N) is 1. The van der Waals surface area contributed by atoms with Gasteiger partial charge in [-0.05, 0) is 32.1 Å². The zero-order valence-electron chi connectivity index (χ0n) is 31.0. The van der Waals surface area contributed by atoms with Gasteiger partial charge in [0.1, 0.15) is 6.61 Å². The van der Waals surface area contributed by atoms with E-state index < -0.39 is 26.5 Å². The van der Waals surface area contributed by atoms with Gasteiger partial charge in [0.05, 0.1) is 13.2 Å². The summed E-state index contributed by atoms with van der Waals surface area (Å²) in [5.41, 5.74) is 5.33. The van der Waals surface area contributed by atoms with Crippen molar-refractivity contribution in [1.29, 1.82) is 0 Å². The van der Waals surface area contributed by atoms with Crippen LogP contribution in [0.1, 0.15) is 187 Å². The zero-order valence-corrected chi connectivity index (χ0v) is 31.9. The molecule has 0 saturated carbocycles. The van der Waals surface area contributed by atoms with Crippen LogP contribution in [0, 0.1) is 0 Å². The number of unbranched alkanes of at least 4 members (excludes halogenated alkanes) is 22. The van der Waals surface area contributed by atoms with Crippen molar-refractivity contribution in [3.63, 3.8) is 0 Å². The molecule has 0 saturated heterocycles. The zero-order chi connectivity index (χ0) is 35.4. The summed E-state index contributed by atoms with van der Waals surface area (Å²) in [6.07, 6.45) is 33.8. The summed E-state index contributed by atoms with van der Waals surface area (Å²) in [6, 6.07) is 0. The lowest BCUT2D eigenvalue weighted by Crippen LogP contribution is -2.29. The van der Waals surface area contributed by atoms with Gasteiger partial charge in [-0.25, -0.2) is 4.57 Å². The van der Waals surface area contributed by atoms with E-state index in [1.54, 1.807) is 0 Å². The molecule has 0 spiro atoms. The highest BCUT2D eigenvalue weighted by atomic mass is 31.2. The quantitative estimate of drug-likeness (QED) is 0.0280. The fourth-order valence-corrected chi connectivity index (χ4v) is 6.20. The minimum Gasteiger partial charge on any atom is -0.462 e. The first-order valence-electron chi connectivity index (χ1n) is 19.7. The van der Waals surface area contributed by atoms with Crippen LogP contribution in [0.15, 0.2) is 12.2 Å². The fourth-order valence-electron chi connectivity index (χ4n) is 5.44. The van der Waals surface area contributed by atoms with E-state index in [2.05, 4.69) is 26.0 Å². The number of hydrogen-bond donors (Lipinski definition) is 2. The molecule has 0 aromatic rings. The molecule has 10 heteroatoms. The van der Waals surface area contributed by atoms with Gasteiger partial charge in [0.25, 0.3) is 0 Å². The third-order valence-corrected chi connectivity index (χ3v) is 9.39. The second kappa shape index (κ2) is 35.6. The molecule has 0 aromatic heterocycles. The van der Waals surface area contributed by atoms with Crippen LogP contribution in [-0.4, -0.2) is 49.3 Å². The van der Waals surface area contributed by atoms with E-state index in [0.717, 1.165) is 57.8 Å². The molecule has 0 aromatic carbocycles. The maximum Gasteiger partial charge on any atom is 0.472 e. The Balaban J connectivity index is 4.15. The highest BCUT2D eigenvalue weighted by Crippen LogP contribution is 2.43. The fraction of sp³-hybridized carbons (Fsp3) is 0.895. The van der Waals surface area contributed by atoms with Crippen LogP contribution in [0.25, 0.3) is 0 Å². The normalized spacial score (nSPS) is 13.5. The number of ether oxygens (including phenoxy) is 2. The van der Waals surface area contributed by atoms with Crippen molar-refractivity contribution in [2.24, 2.45) is 5.73 Å². The van der Waals surface area contributed by atoms with Crippen LogP contribution in [0.5, 0.6) is 0 Å². The van der Waals surface area contributed by atoms with Crippen molar-refractivity contribution in [3.05, 3.63) is 12.2 Å². The first-order valence-corrected chi connectivity index (χ1v) is 21.2. The molecule has 0 fully saturated rings. The van der Waals surface area contributed by atoms with E-state index in [4.69, 9.17) is 24.3 Å². The number of esters is 2. The Morgan fingerprint density at radius 1 is 0.604 bits per heavy atom. The van der Waals surface area contributed by atoms with Gasteiger partial charge in [-0.15, -0.1) is 0 Å². The van der Waals surface area contributed by atoms with Crippen LogP contribution in [-0.2, 0) is 32.7 Å². The SMILES string of the molecule is CCCC/C=C/CCCCCCCC(=O)O[C@H](COC(=O)CCCCCCCCCCCCCCCCCC)COP(=O)(O)OCCN. The topological polar surface area (TPSA) is 134 Å². The van der Waals surface area contributed by atoms with Gasteiger partial charge in [0, 0.05) is 19.4 Å². The molecule has 0 aliphatic carbocycles. The molecule has 1 unspecified atom stereocenters. The highest BCUT2D eigenvalue weighted by Gasteiger charge is 2.25. The van der Waals surface area contributed by atoms with E-state index in [1.807, 2.05) is 0 Å². The molecule has 284 valence electrons. The number of rotatable bonds is 37. The van der Waals surface area contributed by atoms with Crippen molar-refractivity contribution in [2.45, 2.75) is 193 Å². The average Bonchev–Trinajstić information content (AvgIpc) is 3.07. The Hall–Kier alpha value is -1.25. The maximum absolute atomic E-state index is 12.5. The summed E-state index contributed by atoms with van der Waals surface area (Å²) in [5, 5.41) is 0. The minimum absolute atomic E-state index is 0.0545. The first-order chi connectivity index (χ1) is 23.3. The van der Waals surface area contributed by atoms with Crippen molar-refractivity contribution in [1.82, 2.24) is 0 Å². The van der Waals surface area contributed by atoms with Crippen molar-refractivity contribution < 1.29 is 37.6 Å². The number of carbonyl (C=O) groups excluding carboxylic acids is 2. The van der Waals surface area contributed by atoms with Gasteiger partial charge in [0.15, 0.2) is 6.10 Å². The molecular weight excluding hydrogens is 629 g/mol. The van der Waals surface area contributed by atoms with Crippen LogP contribution in [0.2, 0.25) is 0 Å². The number of hydrogen-bond acceptors (Lipinski definition) is 8. The van der Waals surface area contributed by atoms with E-state index in [1.165, 1.54) is 96.3 Å². The van der Waals surface area contributed by atoms with E-state index in [9.17, 15) is 19.0 Å². The summed E-state index contributed by atoms with van der Waals surface area (Å²) in [7, 11) is -4.37. The summed E-state index contributed by atoms with van der Waals surface area (Å²) in [6.45, 7) is 3.69. The highest BCUT2D eigenvalue weighted by molar-refractivity contribution is 7.47. The Kier molecular flexibility index (Phi) is 34.6. The summed E-state index contributed by atoms with van der Waals surface area (Å²) >= 11 is 0. The third kappa shape index (κ3) is 34.6. The second-order valence-electron chi connectivity index (χ2n) is 13.2. The number of allylic oxidation sites excluding steroid dienone is 2. The molecule has 3 N–H and O–H groups in total. The molecule has 48 heavy (non-hydrogen) atoms. The summed E-state index contributed by atoms with van der Waals surface area (Å²) in [5.74, 6) is -0.833. The number of carbonyl (C=O) groups is 2. The molecular formula is C38H74NO8P. The van der Waals surface area contributed by atoms with Gasteiger partial charge in [0.2, 0.25) is 0 Å². The lowest BCUT2D eigenvalue weighted by Gasteiger charge is -2.19. The third-order valence-electron chi connectivity index (χ3n) is 8.40. The van der Waals surface area contributed by atoms with Crippen molar-refractivity contribution in [2.75, 3.05) is 26.4 Å². The molecule has 0 amide bonds. The summed E-state index contributed by atoms with van der Waals surface area (Å²) < 4.78 is 32.6. The van der Waals surface area contributed by atoms with Gasteiger partial charge >= 0.3 is 19.8 Å². The van der Waals surface area contributed by atoms with Gasteiger partial charge < -0.3 is 20.1 Å². The van der Waals surface area contributed by atoms with Crippen LogP contribution in [0.4, 0.5) is 0 Å². The van der Waals surface area contributed by atoms with Crippen LogP contribution < -0.4 is 5.73 Å². The Morgan fingerprint density at radius 3 is 1.54 bits per heavy atom. The smallest absolute Gasteiger partial charge is 0.462 e. The largest absolute Gasteiger partial charge is 0.472 e. The minimum atomic E-state index is -4.37. The maximum atomic E-state index is 12.5. The van der Waals surface area contributed by atoms with Gasteiger partial charge in [-0.3, -0.25) is 18.6 Å². The Labute approximate surface area is 294 Å². The van der Waals surface area contributed by atoms with E-state index >= 15 is 0 Å². The number of phosphoric acid groups is 1. The van der Waals surface area contributed by atoms with Crippen molar-refractivity contribution >= 4 is 19.8 Å². The monoisotopic (exact) mass is 704 g/mol. The van der Waals surface area contributed by atoms with Gasteiger partial charge in [-0.2, -0.15) is 0 Å². The lowest BCUT2D eigenvalue weighted by molar-refractivity contribution is -0.161. The second-order valence-corrected chi connectivity index (χ2v) is 14.6. The molecule has 0 radical (unpaired) electrons. The molecule has 0 rings (SSSR count). The van der Waals surface area contributed by atoms with Crippen LogP contribution in [0.3, 0.4) is 0 Å². The molecule has 0 aliphatic rings. The number of phosphoric ester groups is 1. The predicted octanol–water partition coefficient (Wildman–Crippen LogP) is 10.7. The summed E-state index contributed by atoms with van der Waals surface area (Å²) in [4.78, 5) is 34.7. The average molecular weight is 704 g/mol. The molecule has 2 atom stereocenters. The lowest BCUT2D eigenvalue weighted by atomic mass is 10.0. The van der Waals surface area contributed by atoms with Crippen molar-refractivity contribution in [3.8, 4) is 0 Å².